The molecule has 2 fully saturated rings. The van der Waals surface area contributed by atoms with Gasteiger partial charge >= 0.3 is 7.12 Å². The Labute approximate surface area is 169 Å². The van der Waals surface area contributed by atoms with Gasteiger partial charge in [0.15, 0.2) is 0 Å². The van der Waals surface area contributed by atoms with E-state index in [9.17, 15) is 5.11 Å². The zero-order valence-electron chi connectivity index (χ0n) is 17.5. The Bertz CT molecular complexity index is 802. The number of hydrogen-bond donors (Lipinski definition) is 1. The maximum Gasteiger partial charge on any atom is 0.494 e. The van der Waals surface area contributed by atoms with Crippen LogP contribution in [0.2, 0.25) is 0 Å². The molecule has 0 amide bonds. The van der Waals surface area contributed by atoms with Gasteiger partial charge in [-0.15, -0.1) is 0 Å². The summed E-state index contributed by atoms with van der Waals surface area (Å²) in [7, 11) is -0.324. The number of phenolic OH excluding ortho intramolecular Hbond substituents is 1. The van der Waals surface area contributed by atoms with Crippen molar-refractivity contribution in [2.75, 3.05) is 0 Å². The molecule has 3 nitrogen and oxygen atoms in total. The monoisotopic (exact) mass is 378 g/mol. The van der Waals surface area contributed by atoms with Crippen LogP contribution in [0, 0.1) is 0 Å². The predicted molar refractivity (Wildman–Crippen MR) is 114 cm³/mol. The summed E-state index contributed by atoms with van der Waals surface area (Å²) >= 11 is 0. The van der Waals surface area contributed by atoms with E-state index in [-0.39, 0.29) is 23.7 Å². The van der Waals surface area contributed by atoms with Crippen molar-refractivity contribution >= 4 is 12.6 Å². The first-order chi connectivity index (χ1) is 13.2. The standard InChI is InChI=1S/C24H31BO3/c1-22(2)23(3,4)28-25(27-22)20-12-8-18(9-13-20)24(16-6-5-7-17-24)19-10-14-21(26)15-11-19/h8-15,26H,5-7,16-17H2,1-4H3. The first-order valence-corrected chi connectivity index (χ1v) is 10.5. The average molecular weight is 378 g/mol. The Balaban J connectivity index is 1.65. The van der Waals surface area contributed by atoms with Crippen molar-refractivity contribution in [2.24, 2.45) is 0 Å². The molecule has 1 N–H and O–H groups in total. The largest absolute Gasteiger partial charge is 0.508 e. The summed E-state index contributed by atoms with van der Waals surface area (Å²) in [6.45, 7) is 8.35. The molecule has 28 heavy (non-hydrogen) atoms. The predicted octanol–water partition coefficient (Wildman–Crippen LogP) is 4.94. The van der Waals surface area contributed by atoms with E-state index in [4.69, 9.17) is 9.31 Å². The number of rotatable bonds is 3. The minimum absolute atomic E-state index is 0.0282. The van der Waals surface area contributed by atoms with Gasteiger partial charge in [-0.25, -0.2) is 0 Å². The SMILES string of the molecule is CC1(C)OB(c2ccc(C3(c4ccc(O)cc4)CCCCC3)cc2)OC1(C)C. The highest BCUT2D eigenvalue weighted by molar-refractivity contribution is 6.62. The molecular formula is C24H31BO3. The Morgan fingerprint density at radius 2 is 1.18 bits per heavy atom. The van der Waals surface area contributed by atoms with Crippen LogP contribution in [-0.2, 0) is 14.7 Å². The van der Waals surface area contributed by atoms with E-state index in [2.05, 4.69) is 64.1 Å². The first-order valence-electron chi connectivity index (χ1n) is 10.5. The number of phenols is 1. The molecule has 0 aromatic heterocycles. The maximum absolute atomic E-state index is 9.72. The lowest BCUT2D eigenvalue weighted by Crippen LogP contribution is -2.41. The Morgan fingerprint density at radius 3 is 1.68 bits per heavy atom. The van der Waals surface area contributed by atoms with Gasteiger partial charge in [-0.2, -0.15) is 0 Å². The molecule has 148 valence electrons. The van der Waals surface area contributed by atoms with E-state index in [0.29, 0.717) is 5.75 Å². The van der Waals surface area contributed by atoms with Crippen LogP contribution in [-0.4, -0.2) is 23.4 Å². The lowest BCUT2D eigenvalue weighted by Gasteiger charge is -2.38. The van der Waals surface area contributed by atoms with Gasteiger partial charge in [0, 0.05) is 5.41 Å². The van der Waals surface area contributed by atoms with Crippen molar-refractivity contribution < 1.29 is 14.4 Å². The van der Waals surface area contributed by atoms with Gasteiger partial charge < -0.3 is 14.4 Å². The van der Waals surface area contributed by atoms with E-state index in [1.807, 2.05) is 12.1 Å². The molecule has 0 bridgehead atoms. The molecule has 1 aliphatic carbocycles. The Hall–Kier alpha value is -1.78. The smallest absolute Gasteiger partial charge is 0.494 e. The molecule has 0 atom stereocenters. The second kappa shape index (κ2) is 6.93. The molecule has 1 heterocycles. The molecule has 0 spiro atoms. The van der Waals surface area contributed by atoms with Crippen LogP contribution in [0.25, 0.3) is 0 Å². The molecule has 0 radical (unpaired) electrons. The van der Waals surface area contributed by atoms with Crippen LogP contribution in [0.1, 0.15) is 70.9 Å². The highest BCUT2D eigenvalue weighted by Gasteiger charge is 2.51. The van der Waals surface area contributed by atoms with Crippen LogP contribution in [0.15, 0.2) is 48.5 Å². The van der Waals surface area contributed by atoms with Crippen molar-refractivity contribution in [1.82, 2.24) is 0 Å². The average Bonchev–Trinajstić information content (AvgIpc) is 2.90. The zero-order chi connectivity index (χ0) is 20.0. The van der Waals surface area contributed by atoms with E-state index < -0.39 is 0 Å². The fourth-order valence-electron chi connectivity index (χ4n) is 4.62. The van der Waals surface area contributed by atoms with Crippen LogP contribution < -0.4 is 5.46 Å². The van der Waals surface area contributed by atoms with Gasteiger partial charge in [0.25, 0.3) is 0 Å². The summed E-state index contributed by atoms with van der Waals surface area (Å²) < 4.78 is 12.4. The van der Waals surface area contributed by atoms with Crippen LogP contribution >= 0.6 is 0 Å². The fraction of sp³-hybridized carbons (Fsp3) is 0.500. The minimum atomic E-state index is -0.326. The van der Waals surface area contributed by atoms with Gasteiger partial charge in [-0.3, -0.25) is 0 Å². The van der Waals surface area contributed by atoms with E-state index >= 15 is 0 Å². The summed E-state index contributed by atoms with van der Waals surface area (Å²) in [4.78, 5) is 0. The molecule has 1 saturated heterocycles. The summed E-state index contributed by atoms with van der Waals surface area (Å²) in [5.74, 6) is 0.325. The number of aromatic hydroxyl groups is 1. The quantitative estimate of drug-likeness (QED) is 0.769. The highest BCUT2D eigenvalue weighted by Crippen LogP contribution is 2.45. The molecule has 0 unspecified atom stereocenters. The Morgan fingerprint density at radius 1 is 0.714 bits per heavy atom. The third kappa shape index (κ3) is 3.27. The maximum atomic E-state index is 9.72. The van der Waals surface area contributed by atoms with Gasteiger partial charge in [0.05, 0.1) is 11.2 Å². The summed E-state index contributed by atoms with van der Waals surface area (Å²) in [6, 6.07) is 16.6. The minimum Gasteiger partial charge on any atom is -0.508 e. The van der Waals surface area contributed by atoms with Gasteiger partial charge in [-0.05, 0) is 69.3 Å². The first kappa shape index (κ1) is 19.5. The third-order valence-electron chi connectivity index (χ3n) is 7.12. The van der Waals surface area contributed by atoms with E-state index in [0.717, 1.165) is 18.3 Å². The van der Waals surface area contributed by atoms with Crippen molar-refractivity contribution in [1.29, 1.82) is 0 Å². The molecule has 4 heteroatoms. The second-order valence-corrected chi connectivity index (χ2v) is 9.40. The van der Waals surface area contributed by atoms with Crippen molar-refractivity contribution in [3.63, 3.8) is 0 Å². The van der Waals surface area contributed by atoms with Crippen LogP contribution in [0.5, 0.6) is 5.75 Å². The molecule has 2 aromatic rings. The van der Waals surface area contributed by atoms with E-state index in [1.54, 1.807) is 0 Å². The van der Waals surface area contributed by atoms with Gasteiger partial charge in [0.1, 0.15) is 5.75 Å². The van der Waals surface area contributed by atoms with Crippen LogP contribution in [0.4, 0.5) is 0 Å². The molecular weight excluding hydrogens is 347 g/mol. The molecule has 4 rings (SSSR count). The van der Waals surface area contributed by atoms with Crippen molar-refractivity contribution in [2.45, 2.75) is 76.4 Å². The number of benzene rings is 2. The summed E-state index contributed by atoms with van der Waals surface area (Å²) in [6.07, 6.45) is 6.06. The second-order valence-electron chi connectivity index (χ2n) is 9.40. The molecule has 2 aromatic carbocycles. The van der Waals surface area contributed by atoms with Crippen molar-refractivity contribution in [3.05, 3.63) is 59.7 Å². The Kier molecular flexibility index (Phi) is 4.83. The molecule has 1 aliphatic heterocycles. The fourth-order valence-corrected chi connectivity index (χ4v) is 4.62. The lowest BCUT2D eigenvalue weighted by molar-refractivity contribution is 0.00578. The van der Waals surface area contributed by atoms with Gasteiger partial charge in [-0.1, -0.05) is 55.7 Å². The van der Waals surface area contributed by atoms with Crippen molar-refractivity contribution in [3.8, 4) is 5.75 Å². The molecule has 1 saturated carbocycles. The highest BCUT2D eigenvalue weighted by atomic mass is 16.7. The summed E-state index contributed by atoms with van der Waals surface area (Å²) in [5.41, 5.74) is 3.09. The molecule has 2 aliphatic rings. The van der Waals surface area contributed by atoms with Gasteiger partial charge in [0.2, 0.25) is 0 Å². The topological polar surface area (TPSA) is 38.7 Å². The van der Waals surface area contributed by atoms with E-state index in [1.165, 1.54) is 30.4 Å². The zero-order valence-corrected chi connectivity index (χ0v) is 17.5. The number of hydrogen-bond acceptors (Lipinski definition) is 3. The van der Waals surface area contributed by atoms with Crippen LogP contribution in [0.3, 0.4) is 0 Å². The third-order valence-corrected chi connectivity index (χ3v) is 7.12. The lowest BCUT2D eigenvalue weighted by atomic mass is 9.64. The summed E-state index contributed by atoms with van der Waals surface area (Å²) in [5, 5.41) is 9.72. The normalized spacial score (nSPS) is 22.9.